The maximum Gasteiger partial charge on any atom is 0.312 e. The van der Waals surface area contributed by atoms with E-state index in [4.69, 9.17) is 14.6 Å². The smallest absolute Gasteiger partial charge is 0.312 e. The van der Waals surface area contributed by atoms with E-state index >= 15 is 0 Å². The molecule has 2 amide bonds. The third-order valence-electron chi connectivity index (χ3n) is 7.39. The number of rotatable bonds is 9. The van der Waals surface area contributed by atoms with E-state index in [0.717, 1.165) is 23.2 Å². The van der Waals surface area contributed by atoms with Gasteiger partial charge < -0.3 is 24.8 Å². The van der Waals surface area contributed by atoms with Gasteiger partial charge in [0.15, 0.2) is 0 Å². The van der Waals surface area contributed by atoms with Crippen LogP contribution in [-0.4, -0.2) is 65.3 Å². The summed E-state index contributed by atoms with van der Waals surface area (Å²) in [7, 11) is 0. The molecule has 2 bridgehead atoms. The molecule has 0 aromatic heterocycles. The van der Waals surface area contributed by atoms with Crippen LogP contribution in [0.15, 0.2) is 18.2 Å². The van der Waals surface area contributed by atoms with Gasteiger partial charge >= 0.3 is 5.97 Å². The maximum absolute atomic E-state index is 13.8. The van der Waals surface area contributed by atoms with Crippen LogP contribution in [0.25, 0.3) is 0 Å². The number of ether oxygens (including phenoxy) is 2. The lowest BCUT2D eigenvalue weighted by atomic mass is 9.70. The molecule has 3 aliphatic heterocycles. The molecule has 5 atom stereocenters. The number of para-hydroxylation sites is 1. The summed E-state index contributed by atoms with van der Waals surface area (Å²) in [4.78, 5) is 41.8. The Kier molecular flexibility index (Phi) is 6.77. The monoisotopic (exact) mass is 458 g/mol. The highest BCUT2D eigenvalue weighted by Crippen LogP contribution is 2.58. The summed E-state index contributed by atoms with van der Waals surface area (Å²) >= 11 is 0. The Morgan fingerprint density at radius 1 is 1.24 bits per heavy atom. The number of nitrogens with zero attached hydrogens (tertiary/aromatic N) is 1. The number of esters is 1. The molecule has 3 fully saturated rings. The lowest BCUT2D eigenvalue weighted by Crippen LogP contribution is -2.53. The van der Waals surface area contributed by atoms with Crippen LogP contribution in [0, 0.1) is 25.7 Å². The Bertz CT molecular complexity index is 913. The maximum atomic E-state index is 13.8. The first kappa shape index (κ1) is 23.7. The number of aliphatic hydroxyl groups is 1. The van der Waals surface area contributed by atoms with Gasteiger partial charge in [0.25, 0.3) is 0 Å². The van der Waals surface area contributed by atoms with Crippen molar-refractivity contribution in [1.29, 1.82) is 0 Å². The number of amides is 2. The number of aryl methyl sites for hydroxylation is 2. The van der Waals surface area contributed by atoms with Crippen molar-refractivity contribution < 1.29 is 29.0 Å². The predicted octanol–water partition coefficient (Wildman–Crippen LogP) is 2.34. The van der Waals surface area contributed by atoms with Gasteiger partial charge in [-0.3, -0.25) is 14.4 Å². The fourth-order valence-corrected chi connectivity index (χ4v) is 5.97. The topological polar surface area (TPSA) is 105 Å². The molecule has 180 valence electrons. The highest BCUT2D eigenvalue weighted by atomic mass is 16.6. The van der Waals surface area contributed by atoms with Gasteiger partial charge in [0.2, 0.25) is 11.8 Å². The molecule has 0 saturated carbocycles. The summed E-state index contributed by atoms with van der Waals surface area (Å²) in [6, 6.07) is 5.00. The molecule has 2 N–H and O–H groups in total. The Labute approximate surface area is 194 Å². The van der Waals surface area contributed by atoms with Crippen molar-refractivity contribution in [1.82, 2.24) is 4.90 Å². The minimum atomic E-state index is -1.02. The van der Waals surface area contributed by atoms with Gasteiger partial charge in [-0.25, -0.2) is 0 Å². The molecule has 3 heterocycles. The number of benzene rings is 1. The first-order valence-electron chi connectivity index (χ1n) is 12.0. The van der Waals surface area contributed by atoms with E-state index in [-0.39, 0.29) is 25.0 Å². The van der Waals surface area contributed by atoms with E-state index in [2.05, 4.69) is 5.32 Å². The molecular weight excluding hydrogens is 424 g/mol. The fraction of sp³-hybridized carbons (Fsp3) is 0.640. The summed E-state index contributed by atoms with van der Waals surface area (Å²) in [6.07, 6.45) is 2.83. The van der Waals surface area contributed by atoms with E-state index in [1.807, 2.05) is 32.0 Å². The van der Waals surface area contributed by atoms with E-state index in [1.54, 1.807) is 11.8 Å². The van der Waals surface area contributed by atoms with Crippen molar-refractivity contribution in [3.63, 3.8) is 0 Å². The second kappa shape index (κ2) is 9.43. The summed E-state index contributed by atoms with van der Waals surface area (Å²) in [5.41, 5.74) is 1.61. The van der Waals surface area contributed by atoms with Crippen LogP contribution < -0.4 is 5.32 Å². The molecule has 1 aromatic carbocycles. The minimum Gasteiger partial charge on any atom is -0.466 e. The highest BCUT2D eigenvalue weighted by molar-refractivity contribution is 6.03. The van der Waals surface area contributed by atoms with Gasteiger partial charge in [-0.2, -0.15) is 0 Å². The molecule has 1 spiro atoms. The summed E-state index contributed by atoms with van der Waals surface area (Å²) < 4.78 is 11.6. The third kappa shape index (κ3) is 3.93. The molecule has 0 radical (unpaired) electrons. The summed E-state index contributed by atoms with van der Waals surface area (Å²) in [6.45, 7) is 6.32. The molecule has 33 heavy (non-hydrogen) atoms. The van der Waals surface area contributed by atoms with Gasteiger partial charge in [0.1, 0.15) is 11.6 Å². The van der Waals surface area contributed by atoms with Crippen LogP contribution >= 0.6 is 0 Å². The third-order valence-corrected chi connectivity index (χ3v) is 7.39. The molecule has 0 aliphatic carbocycles. The molecule has 1 aromatic rings. The van der Waals surface area contributed by atoms with Crippen molar-refractivity contribution in [3.8, 4) is 0 Å². The minimum absolute atomic E-state index is 0.0900. The van der Waals surface area contributed by atoms with E-state index in [9.17, 15) is 14.4 Å². The largest absolute Gasteiger partial charge is 0.466 e. The van der Waals surface area contributed by atoms with Crippen LogP contribution in [-0.2, 0) is 23.9 Å². The number of unbranched alkanes of at least 4 members (excludes halogenated alkanes) is 2. The van der Waals surface area contributed by atoms with Crippen LogP contribution in [0.2, 0.25) is 0 Å². The zero-order chi connectivity index (χ0) is 23.8. The van der Waals surface area contributed by atoms with Gasteiger partial charge in [-0.1, -0.05) is 18.2 Å². The number of carbonyl (C=O) groups is 3. The van der Waals surface area contributed by atoms with Crippen molar-refractivity contribution in [2.75, 3.05) is 25.1 Å². The molecule has 8 heteroatoms. The Morgan fingerprint density at radius 2 is 1.97 bits per heavy atom. The average Bonchev–Trinajstić information content (AvgIpc) is 3.41. The lowest BCUT2D eigenvalue weighted by Gasteiger charge is -2.33. The van der Waals surface area contributed by atoms with E-state index in [0.29, 0.717) is 32.2 Å². The van der Waals surface area contributed by atoms with Crippen LogP contribution in [0.5, 0.6) is 0 Å². The number of likely N-dealkylation sites (tertiary alicyclic amines) is 1. The number of fused-ring (bicyclic) bond motifs is 1. The van der Waals surface area contributed by atoms with Crippen molar-refractivity contribution in [3.05, 3.63) is 29.3 Å². The zero-order valence-corrected chi connectivity index (χ0v) is 19.6. The number of anilines is 1. The summed E-state index contributed by atoms with van der Waals surface area (Å²) in [5.74, 6) is -2.29. The SMILES string of the molecule is CCOC(=O)[C@@H]1[C@H]2C(=O)N(CCCCCO)[C@H](C(=O)Nc3c(C)cccc3C)[C@]23CC[C@H]1O3. The van der Waals surface area contributed by atoms with Crippen LogP contribution in [0.4, 0.5) is 5.69 Å². The quantitative estimate of drug-likeness (QED) is 0.435. The van der Waals surface area contributed by atoms with Crippen molar-refractivity contribution in [2.45, 2.75) is 70.6 Å². The Balaban J connectivity index is 1.67. The number of hydrogen-bond acceptors (Lipinski definition) is 6. The molecule has 3 saturated heterocycles. The molecule has 3 aliphatic rings. The first-order chi connectivity index (χ1) is 15.9. The molecule has 0 unspecified atom stereocenters. The van der Waals surface area contributed by atoms with Crippen LogP contribution in [0.3, 0.4) is 0 Å². The fourth-order valence-electron chi connectivity index (χ4n) is 5.97. The second-order valence-electron chi connectivity index (χ2n) is 9.38. The lowest BCUT2D eigenvalue weighted by molar-refractivity contribution is -0.154. The van der Waals surface area contributed by atoms with E-state index < -0.39 is 35.6 Å². The number of carbonyl (C=O) groups excluding carboxylic acids is 3. The number of nitrogens with one attached hydrogen (secondary N) is 1. The summed E-state index contributed by atoms with van der Waals surface area (Å²) in [5, 5.41) is 12.2. The van der Waals surface area contributed by atoms with Gasteiger partial charge in [0.05, 0.1) is 24.5 Å². The number of hydrogen-bond donors (Lipinski definition) is 2. The normalized spacial score (nSPS) is 29.9. The highest BCUT2D eigenvalue weighted by Gasteiger charge is 2.74. The van der Waals surface area contributed by atoms with Crippen LogP contribution in [0.1, 0.15) is 50.2 Å². The molecule has 4 rings (SSSR count). The molecule has 8 nitrogen and oxygen atoms in total. The zero-order valence-electron chi connectivity index (χ0n) is 19.6. The van der Waals surface area contributed by atoms with Gasteiger partial charge in [0, 0.05) is 18.8 Å². The molecular formula is C25H34N2O6. The first-order valence-corrected chi connectivity index (χ1v) is 12.0. The predicted molar refractivity (Wildman–Crippen MR) is 121 cm³/mol. The standard InChI is InChI=1S/C25H34N2O6/c1-4-32-24(31)18-17-11-12-25(33-17)19(18)23(30)27(13-6-5-7-14-28)21(25)22(29)26-20-15(2)9-8-10-16(20)3/h8-10,17-19,21,28H,4-7,11-14H2,1-3H3,(H,26,29)/t17-,18+,19+,21-,25+/m1/s1. The van der Waals surface area contributed by atoms with Crippen molar-refractivity contribution >= 4 is 23.5 Å². The Morgan fingerprint density at radius 3 is 2.64 bits per heavy atom. The van der Waals surface area contributed by atoms with E-state index in [1.165, 1.54) is 0 Å². The average molecular weight is 459 g/mol. The van der Waals surface area contributed by atoms with Gasteiger partial charge in [-0.05, 0) is 64.0 Å². The second-order valence-corrected chi connectivity index (χ2v) is 9.38. The van der Waals surface area contributed by atoms with Gasteiger partial charge in [-0.15, -0.1) is 0 Å². The Hall–Kier alpha value is -2.45. The van der Waals surface area contributed by atoms with Crippen molar-refractivity contribution in [2.24, 2.45) is 11.8 Å². The number of aliphatic hydroxyl groups excluding tert-OH is 1.